The van der Waals surface area contributed by atoms with Crippen LogP contribution in [0.15, 0.2) is 29.4 Å². The number of hydrogen-bond donors (Lipinski definition) is 1. The van der Waals surface area contributed by atoms with Crippen LogP contribution in [0.1, 0.15) is 40.5 Å². The van der Waals surface area contributed by atoms with Gasteiger partial charge in [0.1, 0.15) is 5.75 Å². The van der Waals surface area contributed by atoms with Crippen molar-refractivity contribution in [2.24, 2.45) is 0 Å². The summed E-state index contributed by atoms with van der Waals surface area (Å²) in [6.07, 6.45) is 1.89. The number of aromatic nitrogens is 3. The van der Waals surface area contributed by atoms with Crippen LogP contribution >= 0.6 is 11.8 Å². The van der Waals surface area contributed by atoms with Gasteiger partial charge in [0.25, 0.3) is 0 Å². The minimum Gasteiger partial charge on any atom is -0.497 e. The Labute approximate surface area is 159 Å². The quantitative estimate of drug-likeness (QED) is 0.670. The van der Waals surface area contributed by atoms with E-state index in [-0.39, 0.29) is 18.0 Å². The van der Waals surface area contributed by atoms with Crippen LogP contribution in [-0.2, 0) is 4.79 Å². The molecule has 0 fully saturated rings. The molecule has 0 spiro atoms. The summed E-state index contributed by atoms with van der Waals surface area (Å²) in [7, 11) is 1.64. The molecule has 2 atom stereocenters. The number of hydrogen-bond acceptors (Lipinski definition) is 5. The van der Waals surface area contributed by atoms with Crippen LogP contribution in [0.5, 0.6) is 5.75 Å². The molecule has 7 heteroatoms. The highest BCUT2D eigenvalue weighted by Crippen LogP contribution is 2.22. The van der Waals surface area contributed by atoms with E-state index >= 15 is 0 Å². The van der Waals surface area contributed by atoms with Gasteiger partial charge >= 0.3 is 0 Å². The molecule has 26 heavy (non-hydrogen) atoms. The van der Waals surface area contributed by atoms with Crippen molar-refractivity contribution in [3.05, 3.63) is 24.3 Å². The lowest BCUT2D eigenvalue weighted by molar-refractivity contribution is -0.132. The monoisotopic (exact) mass is 376 g/mol. The number of aromatic amines is 1. The molecule has 2 aromatic rings. The van der Waals surface area contributed by atoms with E-state index in [2.05, 4.69) is 42.9 Å². The average Bonchev–Trinajstić information content (AvgIpc) is 3.15. The number of carbonyl (C=O) groups is 1. The third-order valence-electron chi connectivity index (χ3n) is 4.57. The van der Waals surface area contributed by atoms with Crippen molar-refractivity contribution in [3.63, 3.8) is 0 Å². The fourth-order valence-electron chi connectivity index (χ4n) is 2.71. The molecule has 0 aliphatic heterocycles. The Kier molecular flexibility index (Phi) is 7.50. The molecule has 142 valence electrons. The summed E-state index contributed by atoms with van der Waals surface area (Å²) in [5, 5.41) is 7.73. The number of thioether (sulfide) groups is 1. The Morgan fingerprint density at radius 1 is 1.19 bits per heavy atom. The number of rotatable bonds is 9. The predicted molar refractivity (Wildman–Crippen MR) is 105 cm³/mol. The Bertz CT molecular complexity index is 692. The molecule has 1 amide bonds. The summed E-state index contributed by atoms with van der Waals surface area (Å²) in [6.45, 7) is 8.42. The van der Waals surface area contributed by atoms with Crippen LogP contribution in [-0.4, -0.2) is 50.9 Å². The topological polar surface area (TPSA) is 71.1 Å². The molecule has 0 saturated heterocycles. The molecule has 2 rings (SSSR count). The molecule has 6 nitrogen and oxygen atoms in total. The van der Waals surface area contributed by atoms with E-state index in [4.69, 9.17) is 4.74 Å². The summed E-state index contributed by atoms with van der Waals surface area (Å²) in [4.78, 5) is 19.2. The second kappa shape index (κ2) is 9.62. The Hall–Kier alpha value is -2.02. The number of H-pyrrole nitrogens is 1. The fraction of sp³-hybridized carbons (Fsp3) is 0.526. The third-order valence-corrected chi connectivity index (χ3v) is 5.40. The molecule has 1 aromatic heterocycles. The number of ether oxygens (including phenoxy) is 1. The van der Waals surface area contributed by atoms with Crippen LogP contribution in [0.2, 0.25) is 0 Å². The molecular formula is C19H28N4O2S. The van der Waals surface area contributed by atoms with Gasteiger partial charge in [0.05, 0.1) is 12.9 Å². The highest BCUT2D eigenvalue weighted by molar-refractivity contribution is 7.99. The van der Waals surface area contributed by atoms with Crippen molar-refractivity contribution in [2.75, 3.05) is 12.9 Å². The van der Waals surface area contributed by atoms with E-state index in [1.54, 1.807) is 7.11 Å². The highest BCUT2D eigenvalue weighted by Gasteiger charge is 2.23. The second-order valence-corrected chi connectivity index (χ2v) is 7.24. The van der Waals surface area contributed by atoms with E-state index in [9.17, 15) is 4.79 Å². The number of nitrogens with zero attached hydrogens (tertiary/aromatic N) is 3. The van der Waals surface area contributed by atoms with Crippen LogP contribution in [0.4, 0.5) is 0 Å². The Balaban J connectivity index is 2.00. The smallest absolute Gasteiger partial charge is 0.233 e. The fourth-order valence-corrected chi connectivity index (χ4v) is 3.38. The van der Waals surface area contributed by atoms with Crippen molar-refractivity contribution in [1.29, 1.82) is 0 Å². The molecule has 1 N–H and O–H groups in total. The van der Waals surface area contributed by atoms with Crippen molar-refractivity contribution in [1.82, 2.24) is 20.1 Å². The SMILES string of the molecule is CC[C@@H](C)N(C(=O)CSc1n[nH]c(-c2ccc(OC)cc2)n1)[C@@H](C)CC. The van der Waals surface area contributed by atoms with E-state index < -0.39 is 0 Å². The average molecular weight is 377 g/mol. The van der Waals surface area contributed by atoms with Crippen LogP contribution in [0.25, 0.3) is 11.4 Å². The summed E-state index contributed by atoms with van der Waals surface area (Å²) in [5.74, 6) is 1.95. The van der Waals surface area contributed by atoms with Crippen molar-refractivity contribution < 1.29 is 9.53 Å². The van der Waals surface area contributed by atoms with Gasteiger partial charge in [-0.1, -0.05) is 25.6 Å². The molecule has 0 bridgehead atoms. The van der Waals surface area contributed by atoms with E-state index in [0.29, 0.717) is 16.7 Å². The van der Waals surface area contributed by atoms with E-state index in [1.165, 1.54) is 11.8 Å². The first-order valence-electron chi connectivity index (χ1n) is 9.00. The first-order chi connectivity index (χ1) is 12.5. The van der Waals surface area contributed by atoms with E-state index in [1.807, 2.05) is 29.2 Å². The second-order valence-electron chi connectivity index (χ2n) is 6.30. The van der Waals surface area contributed by atoms with Crippen LogP contribution in [0.3, 0.4) is 0 Å². The van der Waals surface area contributed by atoms with Gasteiger partial charge in [0.2, 0.25) is 11.1 Å². The third kappa shape index (κ3) is 5.00. The minimum atomic E-state index is 0.134. The normalized spacial score (nSPS) is 13.3. The number of benzene rings is 1. The largest absolute Gasteiger partial charge is 0.497 e. The molecule has 0 radical (unpaired) electrons. The van der Waals surface area contributed by atoms with Crippen molar-refractivity contribution in [3.8, 4) is 17.1 Å². The van der Waals surface area contributed by atoms with Gasteiger partial charge < -0.3 is 9.64 Å². The first-order valence-corrected chi connectivity index (χ1v) is 9.99. The molecule has 1 heterocycles. The molecule has 1 aromatic carbocycles. The summed E-state index contributed by atoms with van der Waals surface area (Å²) >= 11 is 1.37. The van der Waals surface area contributed by atoms with Crippen LogP contribution < -0.4 is 4.74 Å². The lowest BCUT2D eigenvalue weighted by Crippen LogP contribution is -2.45. The summed E-state index contributed by atoms with van der Waals surface area (Å²) in [5.41, 5.74) is 0.928. The number of methoxy groups -OCH3 is 1. The Morgan fingerprint density at radius 3 is 2.35 bits per heavy atom. The summed E-state index contributed by atoms with van der Waals surface area (Å²) in [6, 6.07) is 8.08. The zero-order chi connectivity index (χ0) is 19.1. The molecule has 0 aliphatic rings. The highest BCUT2D eigenvalue weighted by atomic mass is 32.2. The van der Waals surface area contributed by atoms with Crippen molar-refractivity contribution >= 4 is 17.7 Å². The number of nitrogens with one attached hydrogen (secondary N) is 1. The maximum absolute atomic E-state index is 12.7. The molecular weight excluding hydrogens is 348 g/mol. The van der Waals surface area contributed by atoms with Crippen molar-refractivity contribution in [2.45, 2.75) is 57.8 Å². The standard InChI is InChI=1S/C19H28N4O2S/c1-6-13(3)23(14(4)7-2)17(24)12-26-19-20-18(21-22-19)15-8-10-16(25-5)11-9-15/h8-11,13-14H,6-7,12H2,1-5H3,(H,20,21,22)/t13-,14+. The van der Waals surface area contributed by atoms with Gasteiger partial charge in [-0.05, 0) is 51.0 Å². The Morgan fingerprint density at radius 2 is 1.81 bits per heavy atom. The zero-order valence-electron chi connectivity index (χ0n) is 16.2. The molecule has 0 unspecified atom stereocenters. The van der Waals surface area contributed by atoms with Gasteiger partial charge in [-0.3, -0.25) is 9.89 Å². The van der Waals surface area contributed by atoms with Crippen LogP contribution in [0, 0.1) is 0 Å². The summed E-state index contributed by atoms with van der Waals surface area (Å²) < 4.78 is 5.16. The molecule has 0 saturated carbocycles. The van der Waals surface area contributed by atoms with Gasteiger partial charge in [-0.25, -0.2) is 4.98 Å². The first kappa shape index (κ1) is 20.3. The maximum atomic E-state index is 12.7. The lowest BCUT2D eigenvalue weighted by Gasteiger charge is -2.33. The van der Waals surface area contributed by atoms with Gasteiger partial charge in [-0.15, -0.1) is 5.10 Å². The number of carbonyl (C=O) groups excluding carboxylic acids is 1. The minimum absolute atomic E-state index is 0.134. The van der Waals surface area contributed by atoms with Gasteiger partial charge in [0.15, 0.2) is 5.82 Å². The predicted octanol–water partition coefficient (Wildman–Crippen LogP) is 4.00. The van der Waals surface area contributed by atoms with Gasteiger partial charge in [-0.2, -0.15) is 0 Å². The van der Waals surface area contributed by atoms with Gasteiger partial charge in [0, 0.05) is 17.6 Å². The molecule has 0 aliphatic carbocycles. The zero-order valence-corrected chi connectivity index (χ0v) is 17.0. The lowest BCUT2D eigenvalue weighted by atomic mass is 10.1. The van der Waals surface area contributed by atoms with E-state index in [0.717, 1.165) is 24.2 Å². The maximum Gasteiger partial charge on any atom is 0.233 e. The number of amides is 1.